The lowest BCUT2D eigenvalue weighted by molar-refractivity contribution is 0.304. The molecule has 0 saturated heterocycles. The maximum absolute atomic E-state index is 8.96. The number of para-hydroxylation sites is 1. The highest BCUT2D eigenvalue weighted by Crippen LogP contribution is 2.25. The van der Waals surface area contributed by atoms with Crippen LogP contribution in [-0.2, 0) is 6.61 Å². The van der Waals surface area contributed by atoms with Crippen molar-refractivity contribution in [3.63, 3.8) is 0 Å². The highest BCUT2D eigenvalue weighted by molar-refractivity contribution is 9.10. The fourth-order valence-electron chi connectivity index (χ4n) is 1.47. The largest absolute Gasteiger partial charge is 0.488 e. The van der Waals surface area contributed by atoms with Crippen LogP contribution in [0.3, 0.4) is 0 Å². The molecule has 0 unspecified atom stereocenters. The summed E-state index contributed by atoms with van der Waals surface area (Å²) in [5.41, 5.74) is 1.55. The van der Waals surface area contributed by atoms with Gasteiger partial charge < -0.3 is 4.74 Å². The maximum Gasteiger partial charge on any atom is 0.133 e. The molecule has 17 heavy (non-hydrogen) atoms. The minimum absolute atomic E-state index is 0.395. The molecule has 0 bridgehead atoms. The van der Waals surface area contributed by atoms with Gasteiger partial charge in [0.25, 0.3) is 0 Å². The van der Waals surface area contributed by atoms with E-state index in [2.05, 4.69) is 22.0 Å². The van der Waals surface area contributed by atoms with E-state index in [-0.39, 0.29) is 0 Å². The second-order valence-corrected chi connectivity index (χ2v) is 4.34. The summed E-state index contributed by atoms with van der Waals surface area (Å²) in [5, 5.41) is 8.96. The third-order valence-corrected chi connectivity index (χ3v) is 3.01. The topological polar surface area (TPSA) is 33.0 Å². The quantitative estimate of drug-likeness (QED) is 0.858. The third-order valence-electron chi connectivity index (χ3n) is 2.36. The zero-order valence-corrected chi connectivity index (χ0v) is 10.6. The van der Waals surface area contributed by atoms with Gasteiger partial charge in [-0.1, -0.05) is 30.3 Å². The summed E-state index contributed by atoms with van der Waals surface area (Å²) >= 11 is 3.42. The maximum atomic E-state index is 8.96. The Balaban J connectivity index is 2.13. The van der Waals surface area contributed by atoms with Crippen LogP contribution in [-0.4, -0.2) is 0 Å². The van der Waals surface area contributed by atoms with E-state index in [1.165, 1.54) is 0 Å². The average molecular weight is 288 g/mol. The van der Waals surface area contributed by atoms with Gasteiger partial charge in [-0.05, 0) is 34.1 Å². The van der Waals surface area contributed by atoms with Gasteiger partial charge in [0.05, 0.1) is 16.1 Å². The Morgan fingerprint density at radius 1 is 1.06 bits per heavy atom. The molecule has 2 nitrogen and oxygen atoms in total. The first-order valence-corrected chi connectivity index (χ1v) is 5.96. The van der Waals surface area contributed by atoms with Crippen LogP contribution in [0.25, 0.3) is 0 Å². The molecule has 0 aliphatic heterocycles. The van der Waals surface area contributed by atoms with Crippen LogP contribution in [0.5, 0.6) is 5.75 Å². The number of ether oxygens (including phenoxy) is 1. The lowest BCUT2D eigenvalue weighted by Gasteiger charge is -2.08. The predicted octanol–water partition coefficient (Wildman–Crippen LogP) is 3.90. The van der Waals surface area contributed by atoms with E-state index in [4.69, 9.17) is 10.00 Å². The van der Waals surface area contributed by atoms with Crippen molar-refractivity contribution in [1.82, 2.24) is 0 Å². The van der Waals surface area contributed by atoms with Crippen molar-refractivity contribution in [3.8, 4) is 11.8 Å². The first kappa shape index (κ1) is 11.7. The number of nitriles is 1. The van der Waals surface area contributed by atoms with Crippen molar-refractivity contribution in [1.29, 1.82) is 5.26 Å². The van der Waals surface area contributed by atoms with Gasteiger partial charge >= 0.3 is 0 Å². The number of halogens is 1. The van der Waals surface area contributed by atoms with E-state index in [1.807, 2.05) is 42.5 Å². The molecule has 2 aromatic carbocycles. The molecule has 84 valence electrons. The Hall–Kier alpha value is -1.79. The number of hydrogen-bond acceptors (Lipinski definition) is 2. The van der Waals surface area contributed by atoms with E-state index >= 15 is 0 Å². The van der Waals surface area contributed by atoms with Crippen LogP contribution in [0.4, 0.5) is 0 Å². The van der Waals surface area contributed by atoms with Gasteiger partial charge in [-0.3, -0.25) is 0 Å². The second-order valence-electron chi connectivity index (χ2n) is 3.49. The lowest BCUT2D eigenvalue weighted by Crippen LogP contribution is -1.98. The molecule has 0 aromatic heterocycles. The molecule has 3 heteroatoms. The first-order valence-electron chi connectivity index (χ1n) is 5.16. The van der Waals surface area contributed by atoms with E-state index in [9.17, 15) is 0 Å². The lowest BCUT2D eigenvalue weighted by atomic mass is 10.1. The first-order chi connectivity index (χ1) is 8.31. The van der Waals surface area contributed by atoms with Crippen LogP contribution in [0.2, 0.25) is 0 Å². The van der Waals surface area contributed by atoms with Gasteiger partial charge in [0, 0.05) is 5.56 Å². The molecule has 0 aliphatic rings. The molecule has 0 N–H and O–H groups in total. The van der Waals surface area contributed by atoms with Crippen LogP contribution < -0.4 is 4.74 Å². The number of rotatable bonds is 3. The highest BCUT2D eigenvalue weighted by Gasteiger charge is 2.03. The van der Waals surface area contributed by atoms with E-state index in [1.54, 1.807) is 6.07 Å². The van der Waals surface area contributed by atoms with Crippen molar-refractivity contribution < 1.29 is 4.74 Å². The fraction of sp³-hybridized carbons (Fsp3) is 0.0714. The summed E-state index contributed by atoms with van der Waals surface area (Å²) in [7, 11) is 0. The van der Waals surface area contributed by atoms with Crippen molar-refractivity contribution in [3.05, 3.63) is 64.1 Å². The smallest absolute Gasteiger partial charge is 0.133 e. The molecule has 0 atom stereocenters. The molecule has 0 fully saturated rings. The molecule has 2 rings (SSSR count). The van der Waals surface area contributed by atoms with Crippen LogP contribution in [0, 0.1) is 11.3 Å². The summed E-state index contributed by atoms with van der Waals surface area (Å²) in [5.74, 6) is 0.778. The Kier molecular flexibility index (Phi) is 3.79. The number of nitrogens with zero attached hydrogens (tertiary/aromatic N) is 1. The Morgan fingerprint density at radius 2 is 1.76 bits per heavy atom. The summed E-state index contributed by atoms with van der Waals surface area (Å²) < 4.78 is 6.58. The Labute approximate surface area is 109 Å². The monoisotopic (exact) mass is 287 g/mol. The number of hydrogen-bond donors (Lipinski definition) is 0. The van der Waals surface area contributed by atoms with Crippen LogP contribution in [0.1, 0.15) is 11.1 Å². The molecular weight excluding hydrogens is 278 g/mol. The minimum atomic E-state index is 0.395. The van der Waals surface area contributed by atoms with E-state index in [0.29, 0.717) is 12.2 Å². The summed E-state index contributed by atoms with van der Waals surface area (Å²) in [6, 6.07) is 17.2. The van der Waals surface area contributed by atoms with Crippen LogP contribution in [0.15, 0.2) is 53.0 Å². The van der Waals surface area contributed by atoms with Crippen LogP contribution >= 0.6 is 15.9 Å². The normalized spacial score (nSPS) is 9.65. The molecule has 0 aliphatic carbocycles. The highest BCUT2D eigenvalue weighted by atomic mass is 79.9. The fourth-order valence-corrected chi connectivity index (χ4v) is 1.87. The molecule has 0 radical (unpaired) electrons. The van der Waals surface area contributed by atoms with Gasteiger partial charge in [0.2, 0.25) is 0 Å². The van der Waals surface area contributed by atoms with Crippen molar-refractivity contribution in [2.24, 2.45) is 0 Å². The van der Waals surface area contributed by atoms with Gasteiger partial charge in [0.15, 0.2) is 0 Å². The predicted molar refractivity (Wildman–Crippen MR) is 69.6 cm³/mol. The van der Waals surface area contributed by atoms with Crippen molar-refractivity contribution in [2.45, 2.75) is 6.61 Å². The zero-order chi connectivity index (χ0) is 12.1. The van der Waals surface area contributed by atoms with Gasteiger partial charge in [0.1, 0.15) is 12.4 Å². The summed E-state index contributed by atoms with van der Waals surface area (Å²) in [4.78, 5) is 0. The Morgan fingerprint density at radius 3 is 2.53 bits per heavy atom. The molecule has 0 spiro atoms. The standard InChI is InChI=1S/C14H10BrNO/c15-13-7-3-4-8-14(13)17-10-12-6-2-1-5-11(12)9-16/h1-8H,10H2. The number of benzene rings is 2. The average Bonchev–Trinajstić information content (AvgIpc) is 2.38. The molecular formula is C14H10BrNO. The Bertz CT molecular complexity index is 560. The van der Waals surface area contributed by atoms with Gasteiger partial charge in [-0.15, -0.1) is 0 Å². The van der Waals surface area contributed by atoms with E-state index < -0.39 is 0 Å². The molecule has 0 amide bonds. The van der Waals surface area contributed by atoms with Crippen molar-refractivity contribution in [2.75, 3.05) is 0 Å². The summed E-state index contributed by atoms with van der Waals surface area (Å²) in [6.45, 7) is 0.395. The molecule has 0 heterocycles. The third kappa shape index (κ3) is 2.86. The zero-order valence-electron chi connectivity index (χ0n) is 9.06. The second kappa shape index (κ2) is 5.51. The van der Waals surface area contributed by atoms with Crippen molar-refractivity contribution >= 4 is 15.9 Å². The SMILES string of the molecule is N#Cc1ccccc1COc1ccccc1Br. The minimum Gasteiger partial charge on any atom is -0.488 e. The van der Waals surface area contributed by atoms with Gasteiger partial charge in [-0.2, -0.15) is 5.26 Å². The molecule has 0 saturated carbocycles. The van der Waals surface area contributed by atoms with E-state index in [0.717, 1.165) is 15.8 Å². The van der Waals surface area contributed by atoms with Gasteiger partial charge in [-0.25, -0.2) is 0 Å². The molecule has 2 aromatic rings. The summed E-state index contributed by atoms with van der Waals surface area (Å²) in [6.07, 6.45) is 0.